The van der Waals surface area contributed by atoms with Gasteiger partial charge in [0, 0.05) is 21.7 Å². The first-order valence-electron chi connectivity index (χ1n) is 28.7. The molecule has 0 spiro atoms. The second kappa shape index (κ2) is 31.5. The molecule has 0 aromatic heterocycles. The number of aromatic hydroxyl groups is 1. The number of ether oxygens (including phenoxy) is 3. The normalized spacial score (nSPS) is 15.2. The number of amides is 5. The van der Waals surface area contributed by atoms with E-state index < -0.39 is 58.7 Å². The van der Waals surface area contributed by atoms with E-state index in [1.54, 1.807) is 64.1 Å². The van der Waals surface area contributed by atoms with E-state index in [4.69, 9.17) is 72.2 Å². The Morgan fingerprint density at radius 3 is 1.86 bits per heavy atom. The topological polar surface area (TPSA) is 222 Å². The highest BCUT2D eigenvalue weighted by Crippen LogP contribution is 2.39. The Kier molecular flexibility index (Phi) is 25.8. The number of rotatable bonds is 26. The minimum Gasteiger partial charge on any atom is -0.508 e. The number of aliphatic imine (C=N–C) groups is 1. The summed E-state index contributed by atoms with van der Waals surface area (Å²) in [6.07, 6.45) is 15.3. The zero-order valence-corrected chi connectivity index (χ0v) is 53.9. The molecule has 17 nitrogen and oxygen atoms in total. The third kappa shape index (κ3) is 20.2. The van der Waals surface area contributed by atoms with Gasteiger partial charge in [-0.3, -0.25) is 29.4 Å². The van der Waals surface area contributed by atoms with Crippen LogP contribution in [0, 0.1) is 5.41 Å². The number of amidine groups is 1. The molecule has 6 rings (SSSR count). The van der Waals surface area contributed by atoms with Crippen LogP contribution in [-0.2, 0) is 38.9 Å². The minimum atomic E-state index is -1.79. The number of hydrogen-bond donors (Lipinski definition) is 4. The highest BCUT2D eigenvalue weighted by atomic mass is 35.5. The van der Waals surface area contributed by atoms with E-state index in [0.717, 1.165) is 19.3 Å². The number of nitrogens with zero attached hydrogens (tertiary/aromatic N) is 3. The molecule has 2 atom stereocenters. The van der Waals surface area contributed by atoms with Gasteiger partial charge in [0.05, 0.1) is 50.1 Å². The van der Waals surface area contributed by atoms with Gasteiger partial charge in [-0.2, -0.15) is 0 Å². The van der Waals surface area contributed by atoms with Crippen molar-refractivity contribution < 1.29 is 52.9 Å². The molecule has 85 heavy (non-hydrogen) atoms. The standard InChI is InChI=1S/C35H53ClN2O7.C28H26Cl4N4O4/c1-7-8-9-10-11-12-13-14-15-16-17-18-19-20-23-44-31(41)25-21-22-26(36)27(24-25)37-30(40)28(29(39)34(2,3)4)38-32(42)35(5,6)45-33(38)43;1-14(40-17-6-8-23(37)18(12-17)28(2,3)4)27(39)33-16-5-7-19(30)22(11-16)34-24-13-25(38)36(35-24)26-20(31)9-15(29)10-21(26)32/h21-22,24,28H,7-20,23H2,1-6H3,(H,37,40);5-12,14,37H,13H2,1-4H3,(H,33,39)(H,34,35). The maximum absolute atomic E-state index is 13.4. The fourth-order valence-corrected chi connectivity index (χ4v) is 10.4. The summed E-state index contributed by atoms with van der Waals surface area (Å²) < 4.78 is 16.4. The van der Waals surface area contributed by atoms with Crippen LogP contribution >= 0.6 is 58.0 Å². The Morgan fingerprint density at radius 2 is 1.31 bits per heavy atom. The number of Topliss-reactive ketones (excluding diaryl/α,β-unsaturated/α-hetero) is 1. The van der Waals surface area contributed by atoms with E-state index >= 15 is 0 Å². The van der Waals surface area contributed by atoms with Crippen LogP contribution in [0.5, 0.6) is 11.5 Å². The molecule has 2 aliphatic rings. The van der Waals surface area contributed by atoms with Crippen molar-refractivity contribution in [3.63, 3.8) is 0 Å². The molecule has 4 aromatic rings. The van der Waals surface area contributed by atoms with Crippen molar-refractivity contribution in [3.8, 4) is 11.5 Å². The number of carbonyl (C=O) groups excluding carboxylic acids is 7. The van der Waals surface area contributed by atoms with Gasteiger partial charge >= 0.3 is 12.1 Å². The molecule has 4 N–H and O–H groups in total. The van der Waals surface area contributed by atoms with Gasteiger partial charge in [0.15, 0.2) is 23.5 Å². The van der Waals surface area contributed by atoms with Crippen molar-refractivity contribution in [2.75, 3.05) is 22.2 Å². The lowest BCUT2D eigenvalue weighted by Gasteiger charge is -2.28. The third-order valence-corrected chi connectivity index (χ3v) is 15.3. The number of cyclic esters (lactones) is 1. The van der Waals surface area contributed by atoms with Crippen molar-refractivity contribution in [3.05, 3.63) is 103 Å². The molecule has 2 saturated heterocycles. The highest BCUT2D eigenvalue weighted by Gasteiger charge is 2.55. The smallest absolute Gasteiger partial charge is 0.418 e. The fourth-order valence-electron chi connectivity index (χ4n) is 9.12. The molecule has 2 fully saturated rings. The Balaban J connectivity index is 0.000000312. The minimum absolute atomic E-state index is 0.0404. The summed E-state index contributed by atoms with van der Waals surface area (Å²) >= 11 is 31.2. The number of benzene rings is 4. The number of imide groups is 1. The molecule has 22 heteroatoms. The first kappa shape index (κ1) is 69.7. The Morgan fingerprint density at radius 1 is 0.729 bits per heavy atom. The Hall–Kier alpha value is -6.11. The Labute approximate surface area is 524 Å². The number of phenolic OH excluding ortho intramolecular Hbond substituents is 1. The molecule has 4 aromatic carbocycles. The Bertz CT molecular complexity index is 3080. The van der Waals surface area contributed by atoms with Crippen LogP contribution in [0.3, 0.4) is 0 Å². The van der Waals surface area contributed by atoms with Gasteiger partial charge in [-0.1, -0.05) is 190 Å². The predicted molar refractivity (Wildman–Crippen MR) is 337 cm³/mol. The SMILES string of the molecule is CC(Oc1ccc(O)c(C(C)(C)C)c1)C(=O)Nc1ccc(Cl)c(N=C2CC(=O)N(c3c(Cl)cc(Cl)cc3Cl)N2)c1.CCCCCCCCCCCCCCCCOC(=O)c1ccc(Cl)c(NC(=O)C(C(=O)C(C)(C)C)N2C(=O)OC(C)(C)C2=O)c1. The molecule has 0 bridgehead atoms. The summed E-state index contributed by atoms with van der Waals surface area (Å²) in [6.45, 7) is 17.6. The summed E-state index contributed by atoms with van der Waals surface area (Å²) in [5, 5.41) is 17.8. The molecule has 0 aliphatic carbocycles. The maximum Gasteiger partial charge on any atom is 0.418 e. The number of anilines is 3. The maximum atomic E-state index is 13.4. The fraction of sp³-hybridized carbons (Fsp3) is 0.492. The lowest BCUT2D eigenvalue weighted by atomic mass is 9.85. The van der Waals surface area contributed by atoms with Gasteiger partial charge in [-0.15, -0.1) is 0 Å². The van der Waals surface area contributed by atoms with E-state index in [1.165, 1.54) is 120 Å². The van der Waals surface area contributed by atoms with Crippen LogP contribution in [0.4, 0.5) is 27.5 Å². The molecule has 2 unspecified atom stereocenters. The second-order valence-electron chi connectivity index (χ2n) is 23.6. The van der Waals surface area contributed by atoms with Crippen LogP contribution in [0.25, 0.3) is 0 Å². The van der Waals surface area contributed by atoms with Crippen molar-refractivity contribution in [1.82, 2.24) is 10.3 Å². The van der Waals surface area contributed by atoms with E-state index in [1.807, 2.05) is 20.8 Å². The monoisotopic (exact) mass is 1270 g/mol. The molecule has 5 amide bonds. The van der Waals surface area contributed by atoms with Crippen molar-refractivity contribution >= 4 is 128 Å². The van der Waals surface area contributed by atoms with Crippen LogP contribution in [0.1, 0.15) is 181 Å². The van der Waals surface area contributed by atoms with Gasteiger partial charge in [-0.25, -0.2) is 24.5 Å². The average molecular weight is 1270 g/mol. The zero-order chi connectivity index (χ0) is 63.0. The van der Waals surface area contributed by atoms with Crippen LogP contribution in [0.2, 0.25) is 25.1 Å². The van der Waals surface area contributed by atoms with E-state index in [2.05, 4.69) is 28.0 Å². The lowest BCUT2D eigenvalue weighted by Crippen LogP contribution is -2.55. The van der Waals surface area contributed by atoms with Gasteiger partial charge in [0.1, 0.15) is 23.0 Å². The molecule has 2 aliphatic heterocycles. The third-order valence-electron chi connectivity index (χ3n) is 13.9. The molecule has 0 saturated carbocycles. The quantitative estimate of drug-likeness (QED) is 0.0262. The molecular formula is C63H79Cl5N6O11. The molecule has 462 valence electrons. The number of hydrazine groups is 1. The van der Waals surface area contributed by atoms with Crippen LogP contribution in [-0.4, -0.2) is 81.7 Å². The van der Waals surface area contributed by atoms with Gasteiger partial charge in [-0.05, 0) is 99.3 Å². The first-order chi connectivity index (χ1) is 39.9. The number of unbranched alkanes of at least 4 members (excludes halogenated alkanes) is 13. The number of phenols is 1. The van der Waals surface area contributed by atoms with E-state index in [-0.39, 0.29) is 62.1 Å². The number of hydrogen-bond acceptors (Lipinski definition) is 12. The van der Waals surface area contributed by atoms with Crippen molar-refractivity contribution in [1.29, 1.82) is 0 Å². The van der Waals surface area contributed by atoms with Crippen LogP contribution in [0.15, 0.2) is 71.7 Å². The summed E-state index contributed by atoms with van der Waals surface area (Å²) in [5.41, 5.74) is 1.91. The van der Waals surface area contributed by atoms with E-state index in [0.29, 0.717) is 43.5 Å². The number of halogens is 5. The summed E-state index contributed by atoms with van der Waals surface area (Å²) in [6, 6.07) is 15.1. The molecular weight excluding hydrogens is 1190 g/mol. The first-order valence-corrected chi connectivity index (χ1v) is 30.6. The van der Waals surface area contributed by atoms with Gasteiger partial charge in [0.2, 0.25) is 0 Å². The molecule has 2 heterocycles. The van der Waals surface area contributed by atoms with Crippen molar-refractivity contribution in [2.24, 2.45) is 10.4 Å². The number of esters is 1. The van der Waals surface area contributed by atoms with E-state index in [9.17, 15) is 38.7 Å². The summed E-state index contributed by atoms with van der Waals surface area (Å²) in [7, 11) is 0. The predicted octanol–water partition coefficient (Wildman–Crippen LogP) is 16.3. The number of carbonyl (C=O) groups is 7. The van der Waals surface area contributed by atoms with Crippen LogP contribution < -0.4 is 25.8 Å². The highest BCUT2D eigenvalue weighted by molar-refractivity contribution is 6.43. The zero-order valence-electron chi connectivity index (χ0n) is 50.1. The summed E-state index contributed by atoms with van der Waals surface area (Å²) in [4.78, 5) is 95.6. The summed E-state index contributed by atoms with van der Waals surface area (Å²) in [5.74, 6) is -2.81. The van der Waals surface area contributed by atoms with Gasteiger partial charge < -0.3 is 30.0 Å². The largest absolute Gasteiger partial charge is 0.508 e. The average Bonchev–Trinajstić information content (AvgIpc) is 1.90. The van der Waals surface area contributed by atoms with Gasteiger partial charge in [0.25, 0.3) is 23.6 Å². The number of ketones is 1. The lowest BCUT2D eigenvalue weighted by molar-refractivity contribution is -0.145. The molecule has 0 radical (unpaired) electrons. The van der Waals surface area contributed by atoms with Crippen molar-refractivity contribution in [2.45, 2.75) is 189 Å². The second-order valence-corrected chi connectivity index (χ2v) is 25.7. The number of nitrogens with one attached hydrogen (secondary N) is 3.